The van der Waals surface area contributed by atoms with E-state index < -0.39 is 0 Å². The lowest BCUT2D eigenvalue weighted by molar-refractivity contribution is 0.233. The number of hydrogen-bond donors (Lipinski definition) is 1. The first-order valence-electron chi connectivity index (χ1n) is 8.06. The Morgan fingerprint density at radius 1 is 1.05 bits per heavy atom. The van der Waals surface area contributed by atoms with Crippen LogP contribution < -0.4 is 5.32 Å². The zero-order valence-electron chi connectivity index (χ0n) is 12.8. The van der Waals surface area contributed by atoms with Gasteiger partial charge in [0.1, 0.15) is 0 Å². The summed E-state index contributed by atoms with van der Waals surface area (Å²) < 4.78 is 0. The minimum Gasteiger partial charge on any atom is -0.310 e. The van der Waals surface area contributed by atoms with E-state index in [0.29, 0.717) is 6.04 Å². The molecule has 2 rings (SSSR count). The second kappa shape index (κ2) is 7.09. The summed E-state index contributed by atoms with van der Waals surface area (Å²) in [7, 11) is 0. The van der Waals surface area contributed by atoms with Crippen LogP contribution in [0.2, 0.25) is 0 Å². The molecule has 1 atom stereocenters. The molecule has 1 fully saturated rings. The Balaban J connectivity index is 2.09. The van der Waals surface area contributed by atoms with Crippen molar-refractivity contribution in [1.29, 1.82) is 0 Å². The molecule has 106 valence electrons. The minimum atomic E-state index is 0.559. The normalized spacial score (nSPS) is 25.2. The van der Waals surface area contributed by atoms with Gasteiger partial charge in [0.05, 0.1) is 0 Å². The van der Waals surface area contributed by atoms with Crippen molar-refractivity contribution in [3.8, 4) is 0 Å². The van der Waals surface area contributed by atoms with Crippen LogP contribution in [0, 0.1) is 11.8 Å². The van der Waals surface area contributed by atoms with Gasteiger partial charge in [0.15, 0.2) is 0 Å². The first-order chi connectivity index (χ1) is 9.24. The summed E-state index contributed by atoms with van der Waals surface area (Å²) in [4.78, 5) is 0. The highest BCUT2D eigenvalue weighted by molar-refractivity contribution is 5.25. The van der Waals surface area contributed by atoms with Gasteiger partial charge in [0, 0.05) is 6.04 Å². The van der Waals surface area contributed by atoms with Gasteiger partial charge in [-0.25, -0.2) is 0 Å². The molecule has 1 aromatic rings. The average molecular weight is 259 g/mol. The molecule has 0 radical (unpaired) electrons. The zero-order valence-corrected chi connectivity index (χ0v) is 12.8. The maximum absolute atomic E-state index is 3.72. The van der Waals surface area contributed by atoms with Crippen LogP contribution in [0.25, 0.3) is 0 Å². The Morgan fingerprint density at radius 2 is 1.68 bits per heavy atom. The third-order valence-corrected chi connectivity index (χ3v) is 4.70. The maximum atomic E-state index is 3.72. The van der Waals surface area contributed by atoms with E-state index in [2.05, 4.69) is 50.4 Å². The fraction of sp³-hybridized carbons (Fsp3) is 0.667. The number of rotatable bonds is 5. The SMILES string of the molecule is CCNC(c1ccc(CC)cc1)C1CCC(C)CC1. The molecule has 1 N–H and O–H groups in total. The lowest BCUT2D eigenvalue weighted by atomic mass is 9.77. The highest BCUT2D eigenvalue weighted by Crippen LogP contribution is 2.36. The summed E-state index contributed by atoms with van der Waals surface area (Å²) in [6, 6.07) is 9.83. The van der Waals surface area contributed by atoms with Gasteiger partial charge >= 0.3 is 0 Å². The van der Waals surface area contributed by atoms with Crippen molar-refractivity contribution in [2.24, 2.45) is 11.8 Å². The summed E-state index contributed by atoms with van der Waals surface area (Å²) >= 11 is 0. The van der Waals surface area contributed by atoms with E-state index in [1.807, 2.05) is 0 Å². The Hall–Kier alpha value is -0.820. The van der Waals surface area contributed by atoms with Gasteiger partial charge in [-0.2, -0.15) is 0 Å². The molecule has 1 aromatic carbocycles. The number of hydrogen-bond acceptors (Lipinski definition) is 1. The second-order valence-electron chi connectivity index (χ2n) is 6.15. The van der Waals surface area contributed by atoms with Crippen LogP contribution in [0.1, 0.15) is 63.6 Å². The minimum absolute atomic E-state index is 0.559. The molecule has 0 spiro atoms. The van der Waals surface area contributed by atoms with Crippen LogP contribution >= 0.6 is 0 Å². The zero-order chi connectivity index (χ0) is 13.7. The first-order valence-corrected chi connectivity index (χ1v) is 8.06. The summed E-state index contributed by atoms with van der Waals surface area (Å²) in [6.45, 7) is 7.90. The Kier molecular flexibility index (Phi) is 5.45. The van der Waals surface area contributed by atoms with Crippen LogP contribution in [0.3, 0.4) is 0 Å². The van der Waals surface area contributed by atoms with Gasteiger partial charge in [0.2, 0.25) is 0 Å². The quantitative estimate of drug-likeness (QED) is 0.806. The van der Waals surface area contributed by atoms with E-state index in [4.69, 9.17) is 0 Å². The molecule has 0 amide bonds. The van der Waals surface area contributed by atoms with E-state index in [1.54, 1.807) is 0 Å². The van der Waals surface area contributed by atoms with Gasteiger partial charge in [0.25, 0.3) is 0 Å². The Bertz CT molecular complexity index is 360. The predicted molar refractivity (Wildman–Crippen MR) is 83.4 cm³/mol. The third kappa shape index (κ3) is 3.82. The molecule has 0 saturated heterocycles. The van der Waals surface area contributed by atoms with Crippen molar-refractivity contribution in [1.82, 2.24) is 5.32 Å². The van der Waals surface area contributed by atoms with Crippen molar-refractivity contribution in [2.75, 3.05) is 6.54 Å². The van der Waals surface area contributed by atoms with Crippen molar-refractivity contribution in [2.45, 2.75) is 58.9 Å². The molecule has 1 nitrogen and oxygen atoms in total. The van der Waals surface area contributed by atoms with E-state index in [0.717, 1.165) is 24.8 Å². The highest BCUT2D eigenvalue weighted by Gasteiger charge is 2.26. The van der Waals surface area contributed by atoms with Gasteiger partial charge in [-0.15, -0.1) is 0 Å². The number of benzene rings is 1. The summed E-state index contributed by atoms with van der Waals surface area (Å²) in [5.74, 6) is 1.75. The van der Waals surface area contributed by atoms with Crippen LogP contribution in [0.5, 0.6) is 0 Å². The van der Waals surface area contributed by atoms with E-state index in [9.17, 15) is 0 Å². The topological polar surface area (TPSA) is 12.0 Å². The second-order valence-corrected chi connectivity index (χ2v) is 6.15. The molecule has 1 heteroatoms. The van der Waals surface area contributed by atoms with Crippen molar-refractivity contribution in [3.63, 3.8) is 0 Å². The molecular formula is C18H29N. The predicted octanol–water partition coefficient (Wildman–Crippen LogP) is 4.73. The third-order valence-electron chi connectivity index (χ3n) is 4.70. The van der Waals surface area contributed by atoms with Crippen molar-refractivity contribution < 1.29 is 0 Å². The van der Waals surface area contributed by atoms with Crippen LogP contribution in [-0.4, -0.2) is 6.54 Å². The molecule has 1 aliphatic carbocycles. The molecule has 1 aliphatic rings. The summed E-state index contributed by atoms with van der Waals surface area (Å²) in [6.07, 6.45) is 6.70. The largest absolute Gasteiger partial charge is 0.310 e. The smallest absolute Gasteiger partial charge is 0.0348 e. The standard InChI is InChI=1S/C18H29N/c1-4-15-8-12-17(13-9-15)18(19-5-2)16-10-6-14(3)7-11-16/h8-9,12-14,16,18-19H,4-7,10-11H2,1-3H3. The van der Waals surface area contributed by atoms with Gasteiger partial charge in [-0.3, -0.25) is 0 Å². The van der Waals surface area contributed by atoms with Crippen LogP contribution in [0.4, 0.5) is 0 Å². The van der Waals surface area contributed by atoms with Crippen molar-refractivity contribution >= 4 is 0 Å². The molecule has 1 saturated carbocycles. The first kappa shape index (κ1) is 14.6. The van der Waals surface area contributed by atoms with Crippen LogP contribution in [-0.2, 0) is 6.42 Å². The molecule has 0 heterocycles. The van der Waals surface area contributed by atoms with E-state index in [-0.39, 0.29) is 0 Å². The molecular weight excluding hydrogens is 230 g/mol. The lowest BCUT2D eigenvalue weighted by Crippen LogP contribution is -2.30. The Labute approximate surface area is 118 Å². The van der Waals surface area contributed by atoms with Gasteiger partial charge in [-0.1, -0.05) is 57.9 Å². The maximum Gasteiger partial charge on any atom is 0.0348 e. The molecule has 1 unspecified atom stereocenters. The fourth-order valence-corrected chi connectivity index (χ4v) is 3.36. The molecule has 0 bridgehead atoms. The fourth-order valence-electron chi connectivity index (χ4n) is 3.36. The lowest BCUT2D eigenvalue weighted by Gasteiger charge is -2.33. The number of aryl methyl sites for hydroxylation is 1. The highest BCUT2D eigenvalue weighted by atomic mass is 14.9. The van der Waals surface area contributed by atoms with E-state index >= 15 is 0 Å². The summed E-state index contributed by atoms with van der Waals surface area (Å²) in [5, 5.41) is 3.72. The molecule has 0 aliphatic heterocycles. The van der Waals surface area contributed by atoms with Gasteiger partial charge in [-0.05, 0) is 48.8 Å². The molecule has 0 aromatic heterocycles. The molecule has 19 heavy (non-hydrogen) atoms. The van der Waals surface area contributed by atoms with Crippen molar-refractivity contribution in [3.05, 3.63) is 35.4 Å². The number of nitrogens with one attached hydrogen (secondary N) is 1. The summed E-state index contributed by atoms with van der Waals surface area (Å²) in [5.41, 5.74) is 2.93. The monoisotopic (exact) mass is 259 g/mol. The van der Waals surface area contributed by atoms with Crippen LogP contribution in [0.15, 0.2) is 24.3 Å². The Morgan fingerprint density at radius 3 is 2.21 bits per heavy atom. The van der Waals surface area contributed by atoms with Gasteiger partial charge < -0.3 is 5.32 Å². The van der Waals surface area contributed by atoms with E-state index in [1.165, 1.54) is 36.8 Å². The average Bonchev–Trinajstić information content (AvgIpc) is 2.46.